The van der Waals surface area contributed by atoms with E-state index in [1.165, 1.54) is 24.3 Å². The maximum absolute atomic E-state index is 13.1. The summed E-state index contributed by atoms with van der Waals surface area (Å²) in [6.07, 6.45) is 5.01. The van der Waals surface area contributed by atoms with Crippen LogP contribution in [0.2, 0.25) is 5.02 Å². The molecule has 11 aromatic rings. The normalized spacial score (nSPS) is 12.4. The molecule has 0 spiro atoms. The number of aliphatic hydroxyl groups excluding tert-OH is 3. The minimum Gasteiger partial charge on any atom is -0.490 e. The minimum atomic E-state index is -4.59. The van der Waals surface area contributed by atoms with E-state index in [9.17, 15) is 53.1 Å². The Morgan fingerprint density at radius 2 is 0.956 bits per heavy atom. The van der Waals surface area contributed by atoms with E-state index in [0.29, 0.717) is 64.9 Å². The first-order chi connectivity index (χ1) is 54.1. The zero-order chi connectivity index (χ0) is 81.6. The van der Waals surface area contributed by atoms with Gasteiger partial charge in [-0.25, -0.2) is 15.0 Å². The van der Waals surface area contributed by atoms with Crippen molar-refractivity contribution in [3.05, 3.63) is 249 Å². The lowest BCUT2D eigenvalue weighted by atomic mass is 10.0. The fraction of sp³-hybridized carbons (Fsp3) is 0.294. The van der Waals surface area contributed by atoms with Gasteiger partial charge in [0.2, 0.25) is 5.91 Å². The standard InChI is InChI=1S/C30H31N5O4.C29H27F3N4O3.C26H31ClN4O4/c1-19(2)39-27-11-10-23(14-24(27)15-31)30(38)33-25(16-32-28(37)18-36)13-21-6-8-22(9-7-21)26-17-35-12-4-5-20(3)29(35)34-26;1-18-4-3-12-36-17-25(35-27(18)36)21-7-5-20(6-8-21)14-24(11-13-37)34-28(38)22-9-10-26(23(15-22)16-33)39-19(2)29(30,31)32;1-16(2)35-24-10-9-20(14-22(24)27)26(33)28-21(11-12-32)13-18-5-7-19(8-6-18)23-15-31(4)25(29-23)17(3)30-34/h4-12,14,17,19,25,36H,13,16,18H2,1-3H3,(H,32,37)(H,33,38);3-10,12,15,17,19,24,37H,11,13-14H2,1-2H3,(H,34,38);5-10,14-16,21,32,34H,11-13H2,1-4H3,(H,28,33). The summed E-state index contributed by atoms with van der Waals surface area (Å²) in [5.41, 5.74) is 13.5. The number of aryl methyl sites for hydroxylation is 3. The second-order valence-electron chi connectivity index (χ2n) is 27.5. The maximum Gasteiger partial charge on any atom is 0.425 e. The van der Waals surface area contributed by atoms with E-state index >= 15 is 0 Å². The van der Waals surface area contributed by atoms with Crippen molar-refractivity contribution in [2.45, 2.75) is 130 Å². The second-order valence-corrected chi connectivity index (χ2v) is 27.9. The number of nitrogens with one attached hydrogen (secondary N) is 4. The average Bonchev–Trinajstić information content (AvgIpc) is 1.78. The van der Waals surface area contributed by atoms with Crippen LogP contribution in [0, 0.1) is 36.5 Å². The van der Waals surface area contributed by atoms with Crippen LogP contribution in [-0.4, -0.2) is 147 Å². The van der Waals surface area contributed by atoms with Gasteiger partial charge >= 0.3 is 6.18 Å². The van der Waals surface area contributed by atoms with Crippen LogP contribution in [0.5, 0.6) is 17.2 Å². The molecule has 8 N–H and O–H groups in total. The lowest BCUT2D eigenvalue weighted by Crippen LogP contribution is -2.45. The number of halogens is 4. The number of oxime groups is 1. The zero-order valence-electron chi connectivity index (χ0n) is 63.8. The number of nitrogens with zero attached hydrogens (tertiary/aromatic N) is 9. The molecule has 24 nitrogen and oxygen atoms in total. The molecular formula is C85H89ClF3N13O11. The van der Waals surface area contributed by atoms with Crippen molar-refractivity contribution in [3.8, 4) is 63.2 Å². The highest BCUT2D eigenvalue weighted by atomic mass is 35.5. The number of carbonyl (C=O) groups excluding carboxylic acids is 4. The molecular weight excluding hydrogens is 1470 g/mol. The molecule has 0 fully saturated rings. The van der Waals surface area contributed by atoms with Crippen LogP contribution in [0.25, 0.3) is 45.1 Å². The van der Waals surface area contributed by atoms with Gasteiger partial charge in [0, 0.05) is 103 Å². The van der Waals surface area contributed by atoms with Gasteiger partial charge in [-0.15, -0.1) is 0 Å². The Balaban J connectivity index is 0.000000195. The summed E-state index contributed by atoms with van der Waals surface area (Å²) in [7, 11) is 1.84. The monoisotopic (exact) mass is 1560 g/mol. The Hall–Kier alpha value is -12.4. The molecule has 4 unspecified atom stereocenters. The average molecular weight is 1560 g/mol. The number of hydrogen-bond acceptors (Lipinski definition) is 17. The molecule has 4 atom stereocenters. The lowest BCUT2D eigenvalue weighted by Gasteiger charge is -2.20. The molecule has 588 valence electrons. The van der Waals surface area contributed by atoms with Gasteiger partial charge in [0.1, 0.15) is 53.0 Å². The molecule has 0 saturated carbocycles. The summed E-state index contributed by atoms with van der Waals surface area (Å²) in [5, 5.41) is 71.1. The third kappa shape index (κ3) is 23.3. The summed E-state index contributed by atoms with van der Waals surface area (Å²) in [6, 6.07) is 47.5. The van der Waals surface area contributed by atoms with Gasteiger partial charge in [0.15, 0.2) is 11.9 Å². The van der Waals surface area contributed by atoms with Crippen molar-refractivity contribution < 1.29 is 67.1 Å². The number of fused-ring (bicyclic) bond motifs is 2. The lowest BCUT2D eigenvalue weighted by molar-refractivity contribution is -0.189. The number of carbonyl (C=O) groups is 4. The molecule has 28 heteroatoms. The number of aromatic nitrogens is 6. The van der Waals surface area contributed by atoms with Crippen LogP contribution in [0.1, 0.15) is 130 Å². The predicted molar refractivity (Wildman–Crippen MR) is 423 cm³/mol. The largest absolute Gasteiger partial charge is 0.490 e. The van der Waals surface area contributed by atoms with Gasteiger partial charge < -0.3 is 69.4 Å². The smallest absolute Gasteiger partial charge is 0.425 e. The van der Waals surface area contributed by atoms with E-state index in [-0.39, 0.29) is 78.7 Å². The number of hydrogen-bond donors (Lipinski definition) is 8. The highest BCUT2D eigenvalue weighted by Gasteiger charge is 2.38. The van der Waals surface area contributed by atoms with Crippen LogP contribution in [0.15, 0.2) is 188 Å². The number of alkyl halides is 3. The van der Waals surface area contributed by atoms with Crippen molar-refractivity contribution >= 4 is 52.2 Å². The molecule has 0 aliphatic carbocycles. The fourth-order valence-electron chi connectivity index (χ4n) is 12.1. The third-order valence-electron chi connectivity index (χ3n) is 18.0. The van der Waals surface area contributed by atoms with Gasteiger partial charge in [-0.05, 0) is 182 Å². The summed E-state index contributed by atoms with van der Waals surface area (Å²) in [5.74, 6) is -0.429. The summed E-state index contributed by atoms with van der Waals surface area (Å²) in [6.45, 7) is 13.4. The summed E-state index contributed by atoms with van der Waals surface area (Å²) in [4.78, 5) is 64.5. The molecule has 11 rings (SSSR count). The van der Waals surface area contributed by atoms with Gasteiger partial charge in [0.05, 0.1) is 51.5 Å². The number of benzene rings is 6. The first kappa shape index (κ1) is 84.6. The van der Waals surface area contributed by atoms with Crippen molar-refractivity contribution in [2.24, 2.45) is 12.2 Å². The van der Waals surface area contributed by atoms with Crippen LogP contribution < -0.4 is 35.5 Å². The number of rotatable bonds is 29. The van der Waals surface area contributed by atoms with E-state index in [1.807, 2.05) is 185 Å². The molecule has 113 heavy (non-hydrogen) atoms. The second kappa shape index (κ2) is 39.5. The fourth-order valence-corrected chi connectivity index (χ4v) is 12.3. The number of ether oxygens (including phenoxy) is 3. The van der Waals surface area contributed by atoms with E-state index in [0.717, 1.165) is 79.8 Å². The maximum atomic E-state index is 13.1. The van der Waals surface area contributed by atoms with Crippen LogP contribution >= 0.6 is 11.6 Å². The van der Waals surface area contributed by atoms with Crippen LogP contribution in [0.4, 0.5) is 13.2 Å². The number of amides is 4. The molecule has 0 radical (unpaired) electrons. The van der Waals surface area contributed by atoms with Crippen molar-refractivity contribution in [2.75, 3.05) is 26.4 Å². The van der Waals surface area contributed by atoms with Crippen molar-refractivity contribution in [3.63, 3.8) is 0 Å². The number of imidazole rings is 3. The van der Waals surface area contributed by atoms with E-state index in [1.54, 1.807) is 47.9 Å². The highest BCUT2D eigenvalue weighted by Crippen LogP contribution is 2.31. The first-order valence-corrected chi connectivity index (χ1v) is 36.8. The first-order valence-electron chi connectivity index (χ1n) is 36.4. The van der Waals surface area contributed by atoms with E-state index < -0.39 is 42.8 Å². The van der Waals surface area contributed by atoms with Crippen LogP contribution in [0.3, 0.4) is 0 Å². The highest BCUT2D eigenvalue weighted by molar-refractivity contribution is 6.32. The van der Waals surface area contributed by atoms with Gasteiger partial charge in [-0.3, -0.25) is 19.2 Å². The summed E-state index contributed by atoms with van der Waals surface area (Å²) >= 11 is 6.28. The van der Waals surface area contributed by atoms with Crippen LogP contribution in [-0.2, 0) is 31.1 Å². The Labute approximate surface area is 657 Å². The van der Waals surface area contributed by atoms with Crippen molar-refractivity contribution in [1.82, 2.24) is 49.6 Å². The molecule has 4 amide bonds. The molecule has 0 saturated heterocycles. The molecule has 6 aromatic carbocycles. The van der Waals surface area contributed by atoms with E-state index in [4.69, 9.17) is 46.1 Å². The van der Waals surface area contributed by atoms with Gasteiger partial charge in [0.25, 0.3) is 17.7 Å². The predicted octanol–water partition coefficient (Wildman–Crippen LogP) is 13.1. The minimum absolute atomic E-state index is 0.0225. The molecule has 0 bridgehead atoms. The zero-order valence-corrected chi connectivity index (χ0v) is 64.6. The Morgan fingerprint density at radius 3 is 1.35 bits per heavy atom. The quantitative estimate of drug-likeness (QED) is 0.0123. The molecule has 0 aliphatic heterocycles. The van der Waals surface area contributed by atoms with E-state index in [2.05, 4.69) is 37.5 Å². The molecule has 0 aliphatic rings. The number of nitriles is 2. The third-order valence-corrected chi connectivity index (χ3v) is 18.3. The number of pyridine rings is 2. The SMILES string of the molecule is CC(=NO)c1nc(-c2ccc(CC(CCO)NC(=O)c3ccc(OC(C)C)c(Cl)c3)cc2)cn1C.Cc1cccn2cc(-c3ccc(CC(CCO)NC(=O)c4ccc(OC(C)C(F)(F)F)c(C#N)c4)cc3)nc12.Cc1cccn2cc(-c3ccc(CC(CNC(=O)CO)NC(=O)c4ccc(OC(C)C)c(C#N)c4)cc3)nc12. The van der Waals surface area contributed by atoms with Gasteiger partial charge in [-0.1, -0.05) is 102 Å². The topological polar surface area (TPSA) is 337 Å². The van der Waals surface area contributed by atoms with Gasteiger partial charge in [-0.2, -0.15) is 23.7 Å². The van der Waals surface area contributed by atoms with Crippen molar-refractivity contribution in [1.29, 1.82) is 10.5 Å². The Kier molecular flexibility index (Phi) is 29.6. The Bertz CT molecular complexity index is 5240. The number of aliphatic hydroxyl groups is 3. The molecule has 5 aromatic heterocycles. The Morgan fingerprint density at radius 1 is 0.558 bits per heavy atom. The molecule has 5 heterocycles. The summed E-state index contributed by atoms with van der Waals surface area (Å²) < 4.78 is 60.4.